The smallest absolute Gasteiger partial charge is 0.127 e. The Bertz CT molecular complexity index is 389. The number of fused-ring (bicyclic) bond motifs is 1. The van der Waals surface area contributed by atoms with Gasteiger partial charge in [-0.2, -0.15) is 0 Å². The summed E-state index contributed by atoms with van der Waals surface area (Å²) in [7, 11) is 0. The molecule has 3 heteroatoms. The number of hydrogen-bond acceptors (Lipinski definition) is 2. The van der Waals surface area contributed by atoms with Crippen LogP contribution in [0.2, 0.25) is 0 Å². The van der Waals surface area contributed by atoms with Crippen LogP contribution in [0.1, 0.15) is 0 Å². The van der Waals surface area contributed by atoms with Crippen LogP contribution in [-0.4, -0.2) is 18.6 Å². The molecule has 0 aromatic heterocycles. The minimum absolute atomic E-state index is 0. The van der Waals surface area contributed by atoms with Crippen molar-refractivity contribution in [3.05, 3.63) is 36.4 Å². The average molecular weight is 171 g/mol. The first kappa shape index (κ1) is 9.45. The van der Waals surface area contributed by atoms with E-state index in [0.717, 1.165) is 5.39 Å². The molecule has 0 atom stereocenters. The molecule has 2 rings (SSSR count). The molecular weight excluding hydrogens is 163 g/mol. The minimum atomic E-state index is 0. The van der Waals surface area contributed by atoms with E-state index in [1.165, 1.54) is 0 Å². The maximum atomic E-state index is 9.39. The molecule has 0 saturated carbocycles. The molecule has 13 heavy (non-hydrogen) atoms. The molecule has 3 radical (unpaired) electrons. The number of benzene rings is 2. The molecule has 0 spiro atoms. The van der Waals surface area contributed by atoms with Gasteiger partial charge >= 0.3 is 0 Å². The lowest BCUT2D eigenvalue weighted by Gasteiger charge is -2.01. The number of hydrogen-bond donors (Lipinski definition) is 2. The van der Waals surface area contributed by atoms with Crippen LogP contribution in [0.5, 0.6) is 11.5 Å². The van der Waals surface area contributed by atoms with Crippen LogP contribution in [0, 0.1) is 0 Å². The van der Waals surface area contributed by atoms with Crippen molar-refractivity contribution in [1.29, 1.82) is 0 Å². The molecule has 2 aromatic carbocycles. The van der Waals surface area contributed by atoms with Gasteiger partial charge in [0, 0.05) is 8.41 Å². The Kier molecular flexibility index (Phi) is 2.47. The molecular formula is C10H8BO2. The molecule has 0 aliphatic rings. The summed E-state index contributed by atoms with van der Waals surface area (Å²) in [5.41, 5.74) is 0. The first-order valence-corrected chi connectivity index (χ1v) is 3.69. The quantitative estimate of drug-likeness (QED) is 0.594. The Balaban J connectivity index is 0.000000845. The average Bonchev–Trinajstić information content (AvgIpc) is 2.04. The molecule has 0 fully saturated rings. The summed E-state index contributed by atoms with van der Waals surface area (Å²) in [6.07, 6.45) is 0. The summed E-state index contributed by atoms with van der Waals surface area (Å²) in [6.45, 7) is 0. The van der Waals surface area contributed by atoms with Gasteiger partial charge in [0.1, 0.15) is 11.5 Å². The van der Waals surface area contributed by atoms with Crippen LogP contribution in [-0.2, 0) is 0 Å². The summed E-state index contributed by atoms with van der Waals surface area (Å²) in [4.78, 5) is 0. The van der Waals surface area contributed by atoms with E-state index in [1.807, 2.05) is 12.1 Å². The largest absolute Gasteiger partial charge is 0.507 e. The maximum absolute atomic E-state index is 9.39. The fourth-order valence-electron chi connectivity index (χ4n) is 1.30. The standard InChI is InChI=1S/C10H8O2.B/c11-8-5-1-3-7-4-2-6-9(12)10(7)8;/h1-6,11-12H;. The van der Waals surface area contributed by atoms with Gasteiger partial charge in [0.2, 0.25) is 0 Å². The van der Waals surface area contributed by atoms with Gasteiger partial charge in [0.05, 0.1) is 5.39 Å². The van der Waals surface area contributed by atoms with Crippen molar-refractivity contribution in [2.45, 2.75) is 0 Å². The third-order valence-corrected chi connectivity index (χ3v) is 1.86. The van der Waals surface area contributed by atoms with Crippen molar-refractivity contribution < 1.29 is 10.2 Å². The van der Waals surface area contributed by atoms with E-state index in [-0.39, 0.29) is 19.9 Å². The Morgan fingerprint density at radius 3 is 1.62 bits per heavy atom. The van der Waals surface area contributed by atoms with Crippen LogP contribution < -0.4 is 0 Å². The van der Waals surface area contributed by atoms with Gasteiger partial charge < -0.3 is 10.2 Å². The summed E-state index contributed by atoms with van der Waals surface area (Å²) in [5, 5.41) is 20.1. The normalized spacial score (nSPS) is 9.54. The lowest BCUT2D eigenvalue weighted by Crippen LogP contribution is -1.73. The van der Waals surface area contributed by atoms with Crippen LogP contribution in [0.15, 0.2) is 36.4 Å². The molecule has 0 unspecified atom stereocenters. The number of aromatic hydroxyl groups is 2. The highest BCUT2D eigenvalue weighted by atomic mass is 16.3. The molecule has 63 valence electrons. The van der Waals surface area contributed by atoms with Gasteiger partial charge in [-0.3, -0.25) is 0 Å². The van der Waals surface area contributed by atoms with Gasteiger partial charge in [-0.05, 0) is 17.5 Å². The fraction of sp³-hybridized carbons (Fsp3) is 0. The van der Waals surface area contributed by atoms with Gasteiger partial charge in [-0.25, -0.2) is 0 Å². The van der Waals surface area contributed by atoms with Crippen LogP contribution in [0.3, 0.4) is 0 Å². The fourth-order valence-corrected chi connectivity index (χ4v) is 1.30. The van der Waals surface area contributed by atoms with Crippen molar-refractivity contribution in [1.82, 2.24) is 0 Å². The van der Waals surface area contributed by atoms with Crippen LogP contribution in [0.25, 0.3) is 10.8 Å². The second-order valence-corrected chi connectivity index (χ2v) is 2.65. The third-order valence-electron chi connectivity index (χ3n) is 1.86. The van der Waals surface area contributed by atoms with Crippen molar-refractivity contribution in [2.24, 2.45) is 0 Å². The maximum Gasteiger partial charge on any atom is 0.127 e. The Labute approximate surface area is 78.0 Å². The highest BCUT2D eigenvalue weighted by Gasteiger charge is 2.02. The van der Waals surface area contributed by atoms with Gasteiger partial charge in [0.15, 0.2) is 0 Å². The summed E-state index contributed by atoms with van der Waals surface area (Å²) < 4.78 is 0. The van der Waals surface area contributed by atoms with E-state index in [0.29, 0.717) is 5.39 Å². The van der Waals surface area contributed by atoms with Crippen molar-refractivity contribution in [3.63, 3.8) is 0 Å². The van der Waals surface area contributed by atoms with E-state index in [1.54, 1.807) is 24.3 Å². The Morgan fingerprint density at radius 2 is 1.23 bits per heavy atom. The molecule has 0 amide bonds. The third kappa shape index (κ3) is 1.45. The predicted molar refractivity (Wildman–Crippen MR) is 53.0 cm³/mol. The molecule has 0 aliphatic heterocycles. The van der Waals surface area contributed by atoms with E-state index in [2.05, 4.69) is 0 Å². The molecule has 0 bridgehead atoms. The highest BCUT2D eigenvalue weighted by molar-refractivity contribution is 5.93. The first-order chi connectivity index (χ1) is 5.79. The first-order valence-electron chi connectivity index (χ1n) is 3.69. The summed E-state index contributed by atoms with van der Waals surface area (Å²) in [6, 6.07) is 10.3. The molecule has 2 nitrogen and oxygen atoms in total. The zero-order valence-corrected chi connectivity index (χ0v) is 6.94. The van der Waals surface area contributed by atoms with E-state index >= 15 is 0 Å². The molecule has 0 heterocycles. The van der Waals surface area contributed by atoms with Gasteiger partial charge in [0.25, 0.3) is 0 Å². The van der Waals surface area contributed by atoms with Gasteiger partial charge in [-0.15, -0.1) is 0 Å². The second kappa shape index (κ2) is 3.39. The van der Waals surface area contributed by atoms with Crippen LogP contribution >= 0.6 is 0 Å². The molecule has 2 N–H and O–H groups in total. The van der Waals surface area contributed by atoms with E-state index in [9.17, 15) is 10.2 Å². The summed E-state index contributed by atoms with van der Waals surface area (Å²) in [5.74, 6) is 0.233. The zero-order chi connectivity index (χ0) is 8.55. The lowest BCUT2D eigenvalue weighted by atomic mass is 10.1. The lowest BCUT2D eigenvalue weighted by molar-refractivity contribution is 0.464. The monoisotopic (exact) mass is 171 g/mol. The Hall–Kier alpha value is -1.64. The van der Waals surface area contributed by atoms with Crippen LogP contribution in [0.4, 0.5) is 0 Å². The van der Waals surface area contributed by atoms with Gasteiger partial charge in [-0.1, -0.05) is 24.3 Å². The molecule has 2 aromatic rings. The predicted octanol–water partition coefficient (Wildman–Crippen LogP) is 1.87. The van der Waals surface area contributed by atoms with Crippen molar-refractivity contribution >= 4 is 19.2 Å². The Morgan fingerprint density at radius 1 is 0.769 bits per heavy atom. The van der Waals surface area contributed by atoms with Crippen molar-refractivity contribution in [2.75, 3.05) is 0 Å². The second-order valence-electron chi connectivity index (χ2n) is 2.65. The zero-order valence-electron chi connectivity index (χ0n) is 6.94. The number of phenolic OH excluding ortho intramolecular Hbond substituents is 2. The number of rotatable bonds is 0. The molecule has 0 aliphatic carbocycles. The highest BCUT2D eigenvalue weighted by Crippen LogP contribution is 2.31. The van der Waals surface area contributed by atoms with Crippen molar-refractivity contribution in [3.8, 4) is 11.5 Å². The summed E-state index contributed by atoms with van der Waals surface area (Å²) >= 11 is 0. The van der Waals surface area contributed by atoms with E-state index < -0.39 is 0 Å². The minimum Gasteiger partial charge on any atom is -0.507 e. The molecule has 0 saturated heterocycles. The topological polar surface area (TPSA) is 40.5 Å². The van der Waals surface area contributed by atoms with E-state index in [4.69, 9.17) is 0 Å². The SMILES string of the molecule is Oc1cccc2cccc(O)c12.[B]. The number of phenols is 2.